The van der Waals surface area contributed by atoms with Crippen molar-refractivity contribution in [3.05, 3.63) is 0 Å². The second-order valence-electron chi connectivity index (χ2n) is 3.23. The van der Waals surface area contributed by atoms with Gasteiger partial charge in [0.15, 0.2) is 0 Å². The van der Waals surface area contributed by atoms with E-state index in [1.54, 1.807) is 0 Å². The van der Waals surface area contributed by atoms with Crippen molar-refractivity contribution in [2.45, 2.75) is 26.3 Å². The van der Waals surface area contributed by atoms with Crippen molar-refractivity contribution in [3.63, 3.8) is 0 Å². The van der Waals surface area contributed by atoms with E-state index in [9.17, 15) is 0 Å². The molecule has 0 spiro atoms. The maximum atomic E-state index is 5.39. The quantitative estimate of drug-likeness (QED) is 0.526. The lowest BCUT2D eigenvalue weighted by molar-refractivity contribution is 0.0568. The maximum Gasteiger partial charge on any atom is 0.0621 e. The van der Waals surface area contributed by atoms with Gasteiger partial charge in [-0.15, -0.1) is 0 Å². The molecule has 0 aromatic carbocycles. The van der Waals surface area contributed by atoms with Crippen molar-refractivity contribution in [1.82, 2.24) is 4.90 Å². The number of nitrogens with zero attached hydrogens (tertiary/aromatic N) is 1. The molecule has 2 heterocycles. The van der Waals surface area contributed by atoms with E-state index >= 15 is 0 Å². The van der Waals surface area contributed by atoms with Crippen LogP contribution >= 0.6 is 0 Å². The Labute approximate surface area is 69.5 Å². The molecule has 0 aromatic heterocycles. The van der Waals surface area contributed by atoms with Gasteiger partial charge in [-0.2, -0.15) is 0 Å². The summed E-state index contributed by atoms with van der Waals surface area (Å²) in [5, 5.41) is 0. The third kappa shape index (κ3) is 1.94. The van der Waals surface area contributed by atoms with Gasteiger partial charge < -0.3 is 9.64 Å². The average molecular weight is 157 g/mol. The lowest BCUT2D eigenvalue weighted by Gasteiger charge is -2.20. The number of ether oxygens (including phenoxy) is 1. The van der Waals surface area contributed by atoms with Gasteiger partial charge in [0.2, 0.25) is 0 Å². The van der Waals surface area contributed by atoms with Crippen LogP contribution in [0.3, 0.4) is 0 Å². The van der Waals surface area contributed by atoms with Gasteiger partial charge >= 0.3 is 0 Å². The summed E-state index contributed by atoms with van der Waals surface area (Å²) in [7, 11) is 2.19. The molecule has 0 radical (unpaired) electrons. The smallest absolute Gasteiger partial charge is 0.0621 e. The Morgan fingerprint density at radius 2 is 2.00 bits per heavy atom. The van der Waals surface area contributed by atoms with E-state index in [2.05, 4.69) is 11.9 Å². The number of hydrogen-bond acceptors (Lipinski definition) is 2. The number of likely N-dealkylation sites (tertiary alicyclic amines) is 1. The molecule has 2 saturated heterocycles. The number of rotatable bonds is 0. The van der Waals surface area contributed by atoms with Crippen LogP contribution in [0.5, 0.6) is 0 Å². The zero-order valence-corrected chi connectivity index (χ0v) is 7.84. The number of likely N-dealkylation sites (N-methyl/N-ethyl adjacent to an activating group) is 1. The first kappa shape index (κ1) is 9.01. The molecule has 66 valence electrons. The van der Waals surface area contributed by atoms with Gasteiger partial charge in [-0.3, -0.25) is 0 Å². The number of hydrogen-bond donors (Lipinski definition) is 0. The Kier molecular flexibility index (Phi) is 3.34. The van der Waals surface area contributed by atoms with E-state index in [0.29, 0.717) is 0 Å². The molecular formula is C9H19NO. The molecule has 2 unspecified atom stereocenters. The van der Waals surface area contributed by atoms with Crippen LogP contribution in [-0.4, -0.2) is 37.7 Å². The Morgan fingerprint density at radius 1 is 1.27 bits per heavy atom. The predicted octanol–water partition coefficient (Wildman–Crippen LogP) is 1.36. The van der Waals surface area contributed by atoms with Crippen molar-refractivity contribution >= 4 is 0 Å². The van der Waals surface area contributed by atoms with Crippen LogP contribution in [0.1, 0.15) is 20.3 Å². The Hall–Kier alpha value is -0.0800. The fourth-order valence-electron chi connectivity index (χ4n) is 1.88. The summed E-state index contributed by atoms with van der Waals surface area (Å²) in [5.41, 5.74) is 0. The Bertz CT molecular complexity index is 114. The van der Waals surface area contributed by atoms with E-state index < -0.39 is 0 Å². The minimum absolute atomic E-state index is 0.740. The van der Waals surface area contributed by atoms with Gasteiger partial charge in [-0.25, -0.2) is 0 Å². The summed E-state index contributed by atoms with van der Waals surface area (Å²) in [6, 6.07) is 0.740. The van der Waals surface area contributed by atoms with Crippen LogP contribution in [0, 0.1) is 5.92 Å². The van der Waals surface area contributed by atoms with Crippen LogP contribution in [0.4, 0.5) is 0 Å². The van der Waals surface area contributed by atoms with Crippen LogP contribution in [0.25, 0.3) is 0 Å². The first-order chi connectivity index (χ1) is 5.36. The minimum atomic E-state index is 0.740. The molecule has 0 saturated carbocycles. The molecule has 2 aliphatic rings. The van der Waals surface area contributed by atoms with E-state index in [1.165, 1.54) is 13.0 Å². The van der Waals surface area contributed by atoms with E-state index in [0.717, 1.165) is 25.2 Å². The lowest BCUT2D eigenvalue weighted by Crippen LogP contribution is -2.29. The van der Waals surface area contributed by atoms with E-state index in [1.807, 2.05) is 13.8 Å². The van der Waals surface area contributed by atoms with Gasteiger partial charge in [0.25, 0.3) is 0 Å². The molecule has 2 heteroatoms. The summed E-state index contributed by atoms with van der Waals surface area (Å²) in [4.78, 5) is 2.41. The topological polar surface area (TPSA) is 12.5 Å². The fraction of sp³-hybridized carbons (Fsp3) is 1.00. The molecule has 11 heavy (non-hydrogen) atoms. The van der Waals surface area contributed by atoms with Gasteiger partial charge in [-0.1, -0.05) is 13.8 Å². The zero-order chi connectivity index (χ0) is 8.27. The van der Waals surface area contributed by atoms with Crippen molar-refractivity contribution in [1.29, 1.82) is 0 Å². The highest BCUT2D eigenvalue weighted by Gasteiger charge is 2.33. The van der Waals surface area contributed by atoms with Crippen LogP contribution in [0.2, 0.25) is 0 Å². The summed E-state index contributed by atoms with van der Waals surface area (Å²) < 4.78 is 5.39. The summed E-state index contributed by atoms with van der Waals surface area (Å²) in [5.74, 6) is 0.841. The third-order valence-electron chi connectivity index (χ3n) is 2.44. The highest BCUT2D eigenvalue weighted by molar-refractivity contribution is 4.85. The fourth-order valence-corrected chi connectivity index (χ4v) is 1.88. The van der Waals surface area contributed by atoms with Crippen LogP contribution < -0.4 is 0 Å². The molecule has 2 aliphatic heterocycles. The van der Waals surface area contributed by atoms with Gasteiger partial charge in [-0.05, 0) is 19.4 Å². The summed E-state index contributed by atoms with van der Waals surface area (Å²) in [6.07, 6.45) is 1.37. The first-order valence-electron chi connectivity index (χ1n) is 4.64. The molecule has 2 atom stereocenters. The first-order valence-corrected chi connectivity index (χ1v) is 4.64. The van der Waals surface area contributed by atoms with E-state index in [-0.39, 0.29) is 0 Å². The second kappa shape index (κ2) is 4.07. The largest absolute Gasteiger partial charge is 0.379 e. The highest BCUT2D eigenvalue weighted by atomic mass is 16.5. The van der Waals surface area contributed by atoms with Crippen molar-refractivity contribution in [2.24, 2.45) is 5.92 Å². The Morgan fingerprint density at radius 3 is 2.55 bits per heavy atom. The van der Waals surface area contributed by atoms with Gasteiger partial charge in [0, 0.05) is 12.6 Å². The standard InChI is InChI=1S/C7H13NO.C2H6/c1-8-3-6-2-7(8)5-9-4-6;1-2/h6-7H,2-5H2,1H3;1-2H3. The molecule has 2 nitrogen and oxygen atoms in total. The zero-order valence-electron chi connectivity index (χ0n) is 7.84. The number of fused-ring (bicyclic) bond motifs is 2. The van der Waals surface area contributed by atoms with Crippen molar-refractivity contribution in [2.75, 3.05) is 26.8 Å². The molecule has 0 aromatic rings. The third-order valence-corrected chi connectivity index (χ3v) is 2.44. The lowest BCUT2D eigenvalue weighted by atomic mass is 10.1. The van der Waals surface area contributed by atoms with Crippen LogP contribution in [-0.2, 0) is 4.74 Å². The highest BCUT2D eigenvalue weighted by Crippen LogP contribution is 2.25. The summed E-state index contributed by atoms with van der Waals surface area (Å²) >= 11 is 0. The molecule has 2 rings (SSSR count). The molecule has 2 bridgehead atoms. The van der Waals surface area contributed by atoms with Crippen molar-refractivity contribution < 1.29 is 4.74 Å². The second-order valence-corrected chi connectivity index (χ2v) is 3.23. The molecule has 0 N–H and O–H groups in total. The minimum Gasteiger partial charge on any atom is -0.379 e. The van der Waals surface area contributed by atoms with Crippen molar-refractivity contribution in [3.8, 4) is 0 Å². The molecule has 2 fully saturated rings. The molecule has 0 aliphatic carbocycles. The van der Waals surface area contributed by atoms with Crippen LogP contribution in [0.15, 0.2) is 0 Å². The molecule has 0 amide bonds. The summed E-state index contributed by atoms with van der Waals surface area (Å²) in [6.45, 7) is 7.22. The van der Waals surface area contributed by atoms with Gasteiger partial charge in [0.05, 0.1) is 13.2 Å². The maximum absolute atomic E-state index is 5.39. The SMILES string of the molecule is CC.CN1CC2COCC1C2. The Balaban J connectivity index is 0.000000281. The predicted molar refractivity (Wildman–Crippen MR) is 46.7 cm³/mol. The monoisotopic (exact) mass is 157 g/mol. The van der Waals surface area contributed by atoms with Gasteiger partial charge in [0.1, 0.15) is 0 Å². The normalized spacial score (nSPS) is 36.3. The van der Waals surface area contributed by atoms with E-state index in [4.69, 9.17) is 4.74 Å². The average Bonchev–Trinajstić information content (AvgIpc) is 2.31. The molecular weight excluding hydrogens is 138 g/mol.